The Labute approximate surface area is 209 Å². The largest absolute Gasteiger partial charge is 0.508 e. The van der Waals surface area contributed by atoms with E-state index in [1.807, 2.05) is 54.6 Å². The molecule has 0 bridgehead atoms. The van der Waals surface area contributed by atoms with Crippen LogP contribution in [0.5, 0.6) is 28.7 Å². The first-order valence-corrected chi connectivity index (χ1v) is 12.5. The first kappa shape index (κ1) is 24.9. The lowest BCUT2D eigenvalue weighted by Gasteiger charge is -2.26. The van der Waals surface area contributed by atoms with Gasteiger partial charge in [0.15, 0.2) is 5.75 Å². The number of fused-ring (bicyclic) bond motifs is 1. The molecule has 184 valence electrons. The molecule has 6 nitrogen and oxygen atoms in total. The lowest BCUT2D eigenvalue weighted by atomic mass is 10.1. The molecule has 5 rings (SSSR count). The second-order valence-electron chi connectivity index (χ2n) is 8.49. The van der Waals surface area contributed by atoms with E-state index in [0.29, 0.717) is 6.61 Å². The molecule has 1 aliphatic rings. The van der Waals surface area contributed by atoms with E-state index in [-0.39, 0.29) is 11.2 Å². The van der Waals surface area contributed by atoms with Crippen LogP contribution in [0.3, 0.4) is 0 Å². The van der Waals surface area contributed by atoms with Crippen LogP contribution in [0.2, 0.25) is 0 Å². The molecule has 0 saturated carbocycles. The number of hydrogen-bond acceptors (Lipinski definition) is 6. The van der Waals surface area contributed by atoms with Crippen molar-refractivity contribution < 1.29 is 24.8 Å². The zero-order valence-electron chi connectivity index (χ0n) is 19.8. The van der Waals surface area contributed by atoms with Crippen LogP contribution >= 0.6 is 11.3 Å². The van der Waals surface area contributed by atoms with Crippen LogP contribution in [0.15, 0.2) is 66.7 Å². The van der Waals surface area contributed by atoms with E-state index < -0.39 is 0 Å². The highest BCUT2D eigenvalue weighted by molar-refractivity contribution is 7.22. The van der Waals surface area contributed by atoms with Gasteiger partial charge in [-0.05, 0) is 98.2 Å². The molecule has 1 aromatic heterocycles. The van der Waals surface area contributed by atoms with Crippen LogP contribution in [-0.4, -0.2) is 48.8 Å². The highest BCUT2D eigenvalue weighted by Gasteiger charge is 2.17. The zero-order chi connectivity index (χ0) is 23.3. The van der Waals surface area contributed by atoms with E-state index in [1.165, 1.54) is 32.4 Å². The number of nitrogens with zero attached hydrogens (tertiary/aromatic N) is 1. The molecule has 0 radical (unpaired) electrons. The molecule has 1 fully saturated rings. The molecular weight excluding hydrogens is 462 g/mol. The van der Waals surface area contributed by atoms with Crippen LogP contribution in [0.25, 0.3) is 20.5 Å². The number of aromatic hydroxyl groups is 1. The van der Waals surface area contributed by atoms with Crippen molar-refractivity contribution in [3.63, 3.8) is 0 Å². The molecule has 0 atom stereocenters. The van der Waals surface area contributed by atoms with Gasteiger partial charge in [0.05, 0.1) is 12.0 Å². The number of rotatable bonds is 8. The monoisotopic (exact) mass is 493 g/mol. The van der Waals surface area contributed by atoms with Gasteiger partial charge in [-0.15, -0.1) is 11.3 Å². The second kappa shape index (κ2) is 11.4. The van der Waals surface area contributed by atoms with Gasteiger partial charge in [0.1, 0.15) is 29.6 Å². The van der Waals surface area contributed by atoms with Gasteiger partial charge in [-0.2, -0.15) is 0 Å². The summed E-state index contributed by atoms with van der Waals surface area (Å²) in [6.07, 6.45) is 3.93. The number of phenolic OH excluding ortho intramolecular Hbond substituents is 1. The molecule has 0 aliphatic carbocycles. The summed E-state index contributed by atoms with van der Waals surface area (Å²) in [5.41, 5.74) is 1.04. The minimum atomic E-state index is 0. The van der Waals surface area contributed by atoms with Crippen molar-refractivity contribution >= 4 is 21.4 Å². The van der Waals surface area contributed by atoms with Crippen LogP contribution < -0.4 is 14.2 Å². The highest BCUT2D eigenvalue weighted by atomic mass is 32.1. The van der Waals surface area contributed by atoms with Crippen molar-refractivity contribution in [1.82, 2.24) is 4.90 Å². The van der Waals surface area contributed by atoms with Crippen molar-refractivity contribution in [2.75, 3.05) is 33.4 Å². The number of phenols is 1. The summed E-state index contributed by atoms with van der Waals surface area (Å²) in [7, 11) is 1.66. The van der Waals surface area contributed by atoms with Crippen molar-refractivity contribution in [2.24, 2.45) is 0 Å². The van der Waals surface area contributed by atoms with E-state index >= 15 is 0 Å². The van der Waals surface area contributed by atoms with Gasteiger partial charge < -0.3 is 24.8 Å². The zero-order valence-corrected chi connectivity index (χ0v) is 20.6. The Kier molecular flexibility index (Phi) is 8.13. The van der Waals surface area contributed by atoms with Crippen molar-refractivity contribution in [3.05, 3.63) is 66.7 Å². The molecule has 0 amide bonds. The molecule has 2 heterocycles. The standard InChI is InChI=1S/C28H29NO4S.H2O/c1-31-22-8-5-20(6-9-22)28-27(25-14-7-21(30)19-26(25)34-28)33-24-12-10-23(11-13-24)32-18-17-29-15-3-2-4-16-29;/h5-14,19,30H,2-4,15-18H2,1H3;1H2. The van der Waals surface area contributed by atoms with Crippen LogP contribution in [0.1, 0.15) is 19.3 Å². The van der Waals surface area contributed by atoms with E-state index in [9.17, 15) is 5.11 Å². The molecule has 4 aromatic rings. The third-order valence-corrected chi connectivity index (χ3v) is 7.33. The van der Waals surface area contributed by atoms with E-state index in [2.05, 4.69) is 4.90 Å². The third kappa shape index (κ3) is 5.88. The molecule has 3 aromatic carbocycles. The maximum absolute atomic E-state index is 9.98. The van der Waals surface area contributed by atoms with Crippen molar-refractivity contribution in [1.29, 1.82) is 0 Å². The Balaban J connectivity index is 0.00000289. The van der Waals surface area contributed by atoms with E-state index in [4.69, 9.17) is 14.2 Å². The number of piperidine rings is 1. The number of likely N-dealkylation sites (tertiary alicyclic amines) is 1. The normalized spacial score (nSPS) is 13.9. The lowest BCUT2D eigenvalue weighted by Crippen LogP contribution is -2.33. The van der Waals surface area contributed by atoms with Crippen molar-refractivity contribution in [2.45, 2.75) is 19.3 Å². The molecular formula is C28H31NO5S. The molecule has 0 spiro atoms. The summed E-state index contributed by atoms with van der Waals surface area (Å²) in [4.78, 5) is 3.48. The molecule has 3 N–H and O–H groups in total. The fourth-order valence-corrected chi connectivity index (χ4v) is 5.46. The fourth-order valence-electron chi connectivity index (χ4n) is 4.29. The number of methoxy groups -OCH3 is 1. The SMILES string of the molecule is COc1ccc(-c2sc3cc(O)ccc3c2Oc2ccc(OCCN3CCCCC3)cc2)cc1.O. The molecule has 1 aliphatic heterocycles. The van der Waals surface area contributed by atoms with E-state index in [0.717, 1.165) is 50.1 Å². The summed E-state index contributed by atoms with van der Waals surface area (Å²) in [5, 5.41) is 10.9. The minimum Gasteiger partial charge on any atom is -0.508 e. The number of benzene rings is 3. The Morgan fingerprint density at radius 1 is 0.857 bits per heavy atom. The number of hydrogen-bond donors (Lipinski definition) is 1. The van der Waals surface area contributed by atoms with Gasteiger partial charge in [0, 0.05) is 16.6 Å². The number of thiophene rings is 1. The molecule has 35 heavy (non-hydrogen) atoms. The Morgan fingerprint density at radius 3 is 2.26 bits per heavy atom. The second-order valence-corrected chi connectivity index (χ2v) is 9.55. The highest BCUT2D eigenvalue weighted by Crippen LogP contribution is 2.47. The molecule has 7 heteroatoms. The Morgan fingerprint density at radius 2 is 1.54 bits per heavy atom. The first-order valence-electron chi connectivity index (χ1n) is 11.7. The van der Waals surface area contributed by atoms with Crippen LogP contribution in [0, 0.1) is 0 Å². The van der Waals surface area contributed by atoms with Crippen molar-refractivity contribution in [3.8, 4) is 39.2 Å². The summed E-state index contributed by atoms with van der Waals surface area (Å²) in [6, 6.07) is 21.1. The van der Waals surface area contributed by atoms with Gasteiger partial charge in [0.2, 0.25) is 0 Å². The number of ether oxygens (including phenoxy) is 3. The van der Waals surface area contributed by atoms with Crippen LogP contribution in [0.4, 0.5) is 0 Å². The van der Waals surface area contributed by atoms with E-state index in [1.54, 1.807) is 30.6 Å². The first-order chi connectivity index (χ1) is 16.7. The minimum absolute atomic E-state index is 0. The lowest BCUT2D eigenvalue weighted by molar-refractivity contribution is 0.183. The molecule has 1 saturated heterocycles. The molecule has 0 unspecified atom stereocenters. The van der Waals surface area contributed by atoms with Gasteiger partial charge in [-0.1, -0.05) is 6.42 Å². The van der Waals surface area contributed by atoms with Gasteiger partial charge in [-0.3, -0.25) is 4.90 Å². The van der Waals surface area contributed by atoms with Crippen LogP contribution in [-0.2, 0) is 0 Å². The summed E-state index contributed by atoms with van der Waals surface area (Å²) >= 11 is 1.60. The third-order valence-electron chi connectivity index (χ3n) is 6.15. The summed E-state index contributed by atoms with van der Waals surface area (Å²) in [5.74, 6) is 3.42. The topological polar surface area (TPSA) is 82.7 Å². The predicted molar refractivity (Wildman–Crippen MR) is 141 cm³/mol. The fraction of sp³-hybridized carbons (Fsp3) is 0.286. The maximum Gasteiger partial charge on any atom is 0.153 e. The van der Waals surface area contributed by atoms with Gasteiger partial charge in [0.25, 0.3) is 0 Å². The summed E-state index contributed by atoms with van der Waals surface area (Å²) in [6.45, 7) is 4.02. The quantitative estimate of drug-likeness (QED) is 0.320. The van der Waals surface area contributed by atoms with Gasteiger partial charge >= 0.3 is 0 Å². The Hall–Kier alpha value is -3.26. The maximum atomic E-state index is 9.98. The predicted octanol–water partition coefficient (Wildman–Crippen LogP) is 6.11. The average molecular weight is 494 g/mol. The Bertz CT molecular complexity index is 1230. The van der Waals surface area contributed by atoms with Gasteiger partial charge in [-0.25, -0.2) is 0 Å². The summed E-state index contributed by atoms with van der Waals surface area (Å²) < 4.78 is 18.6. The smallest absolute Gasteiger partial charge is 0.153 e. The average Bonchev–Trinajstić information content (AvgIpc) is 3.23.